The van der Waals surface area contributed by atoms with Crippen molar-refractivity contribution in [1.29, 1.82) is 0 Å². The number of rotatable bonds is 3. The number of hydrogen-bond donors (Lipinski definition) is 0. The molecule has 0 spiro atoms. The van der Waals surface area contributed by atoms with Crippen molar-refractivity contribution in [3.05, 3.63) is 30.1 Å². The van der Waals surface area contributed by atoms with Gasteiger partial charge in [0.15, 0.2) is 0 Å². The maximum absolute atomic E-state index is 12.6. The summed E-state index contributed by atoms with van der Waals surface area (Å²) >= 11 is 0. The molecular weight excluding hydrogens is 281 g/mol. The second-order valence-electron chi connectivity index (χ2n) is 3.86. The van der Waals surface area contributed by atoms with Gasteiger partial charge in [-0.15, -0.1) is 0 Å². The fourth-order valence-electron chi connectivity index (χ4n) is 1.28. The zero-order valence-electron chi connectivity index (χ0n) is 9.52. The van der Waals surface area contributed by atoms with Gasteiger partial charge in [0.2, 0.25) is 6.10 Å². The van der Waals surface area contributed by atoms with E-state index in [4.69, 9.17) is 0 Å². The van der Waals surface area contributed by atoms with E-state index in [2.05, 4.69) is 4.74 Å². The molecule has 0 saturated heterocycles. The van der Waals surface area contributed by atoms with E-state index in [9.17, 15) is 30.7 Å². The summed E-state index contributed by atoms with van der Waals surface area (Å²) in [6.07, 6.45) is -13.3. The molecule has 0 fully saturated rings. The molecule has 0 saturated carbocycles. The summed E-state index contributed by atoms with van der Waals surface area (Å²) in [7, 11) is 0. The molecule has 19 heavy (non-hydrogen) atoms. The molecule has 2 unspecified atom stereocenters. The van der Waals surface area contributed by atoms with E-state index in [1.165, 1.54) is 0 Å². The Bertz CT molecular complexity index is 407. The first-order chi connectivity index (χ1) is 8.51. The third-order valence-corrected chi connectivity index (χ3v) is 2.37. The van der Waals surface area contributed by atoms with Crippen LogP contribution in [0.4, 0.5) is 30.7 Å². The minimum atomic E-state index is -5.19. The van der Waals surface area contributed by atoms with Crippen molar-refractivity contribution in [2.45, 2.75) is 25.4 Å². The van der Waals surface area contributed by atoms with E-state index in [0.717, 1.165) is 24.3 Å². The van der Waals surface area contributed by atoms with Crippen molar-refractivity contribution in [3.8, 4) is 5.75 Å². The van der Waals surface area contributed by atoms with Crippen LogP contribution in [-0.4, -0.2) is 18.5 Å². The number of hydrogen-bond acceptors (Lipinski definition) is 1. The zero-order valence-corrected chi connectivity index (χ0v) is 9.52. The maximum atomic E-state index is 12.6. The molecule has 0 amide bonds. The van der Waals surface area contributed by atoms with Gasteiger partial charge in [0, 0.05) is 0 Å². The monoisotopic (exact) mass is 290 g/mol. The Morgan fingerprint density at radius 3 is 1.74 bits per heavy atom. The van der Waals surface area contributed by atoms with Crippen LogP contribution >= 0.6 is 0 Å². The predicted molar refractivity (Wildman–Crippen MR) is 52.1 cm³/mol. The quantitative estimate of drug-likeness (QED) is 0.753. The second-order valence-corrected chi connectivity index (χ2v) is 3.86. The van der Waals surface area contributed by atoms with Gasteiger partial charge in [-0.05, 0) is 31.2 Å². The van der Waals surface area contributed by atoms with Crippen molar-refractivity contribution in [2.75, 3.05) is 0 Å². The first-order valence-electron chi connectivity index (χ1n) is 5.07. The van der Waals surface area contributed by atoms with E-state index in [0.29, 0.717) is 6.92 Å². The lowest BCUT2D eigenvalue weighted by atomic mass is 10.0. The van der Waals surface area contributed by atoms with Crippen LogP contribution in [-0.2, 0) is 0 Å². The zero-order chi connectivity index (χ0) is 14.8. The number of alkyl halides is 6. The van der Waals surface area contributed by atoms with E-state index in [1.807, 2.05) is 0 Å². The minimum absolute atomic E-state index is 0.377. The van der Waals surface area contributed by atoms with Gasteiger partial charge in [0.05, 0.1) is 5.92 Å². The smallest absolute Gasteiger partial charge is 0.426 e. The van der Waals surface area contributed by atoms with Crippen LogP contribution in [0.3, 0.4) is 0 Å². The van der Waals surface area contributed by atoms with Gasteiger partial charge in [-0.3, -0.25) is 0 Å². The van der Waals surface area contributed by atoms with Gasteiger partial charge in [0.1, 0.15) is 11.6 Å². The number of benzene rings is 1. The molecule has 0 N–H and O–H groups in total. The highest BCUT2D eigenvalue weighted by molar-refractivity contribution is 5.22. The Kier molecular flexibility index (Phi) is 4.32. The van der Waals surface area contributed by atoms with Crippen molar-refractivity contribution >= 4 is 0 Å². The van der Waals surface area contributed by atoms with Crippen LogP contribution in [0.2, 0.25) is 0 Å². The summed E-state index contributed by atoms with van der Waals surface area (Å²) in [5.74, 6) is -3.96. The van der Waals surface area contributed by atoms with Gasteiger partial charge in [0.25, 0.3) is 0 Å². The van der Waals surface area contributed by atoms with Gasteiger partial charge in [-0.1, -0.05) is 0 Å². The highest BCUT2D eigenvalue weighted by Crippen LogP contribution is 2.38. The summed E-state index contributed by atoms with van der Waals surface area (Å²) < 4.78 is 91.6. The molecular formula is C11H9F7O. The van der Waals surface area contributed by atoms with Crippen LogP contribution in [0, 0.1) is 11.7 Å². The Morgan fingerprint density at radius 2 is 1.37 bits per heavy atom. The molecule has 0 radical (unpaired) electrons. The molecule has 8 heteroatoms. The Balaban J connectivity index is 2.96. The average Bonchev–Trinajstić information content (AvgIpc) is 2.24. The molecule has 1 nitrogen and oxygen atoms in total. The van der Waals surface area contributed by atoms with Gasteiger partial charge in [-0.2, -0.15) is 26.3 Å². The lowest BCUT2D eigenvalue weighted by Gasteiger charge is -2.28. The molecule has 0 aromatic heterocycles. The molecule has 1 aromatic rings. The Morgan fingerprint density at radius 1 is 0.895 bits per heavy atom. The topological polar surface area (TPSA) is 9.23 Å². The normalized spacial score (nSPS) is 16.0. The van der Waals surface area contributed by atoms with Gasteiger partial charge >= 0.3 is 12.4 Å². The maximum Gasteiger partial charge on any atom is 0.426 e. The average molecular weight is 290 g/mol. The first-order valence-corrected chi connectivity index (χ1v) is 5.07. The highest BCUT2D eigenvalue weighted by Gasteiger charge is 2.54. The van der Waals surface area contributed by atoms with E-state index >= 15 is 0 Å². The summed E-state index contributed by atoms with van der Waals surface area (Å²) in [6.45, 7) is 0.377. The third kappa shape index (κ3) is 4.29. The van der Waals surface area contributed by atoms with Crippen LogP contribution in [0.5, 0.6) is 5.75 Å². The lowest BCUT2D eigenvalue weighted by Crippen LogP contribution is -2.45. The molecule has 1 aromatic carbocycles. The Hall–Kier alpha value is -1.47. The third-order valence-electron chi connectivity index (χ3n) is 2.37. The Labute approximate surface area is 104 Å². The van der Waals surface area contributed by atoms with Crippen LogP contribution in [0.15, 0.2) is 24.3 Å². The molecule has 0 heterocycles. The summed E-state index contributed by atoms with van der Waals surface area (Å²) in [5, 5.41) is 0. The van der Waals surface area contributed by atoms with E-state index in [-0.39, 0.29) is 0 Å². The number of halogens is 7. The van der Waals surface area contributed by atoms with Crippen LogP contribution < -0.4 is 4.74 Å². The van der Waals surface area contributed by atoms with Crippen molar-refractivity contribution in [3.63, 3.8) is 0 Å². The number of ether oxygens (including phenoxy) is 1. The van der Waals surface area contributed by atoms with E-state index in [1.54, 1.807) is 0 Å². The molecule has 2 atom stereocenters. The fourth-order valence-corrected chi connectivity index (χ4v) is 1.28. The van der Waals surface area contributed by atoms with E-state index < -0.39 is 35.9 Å². The van der Waals surface area contributed by atoms with Crippen molar-refractivity contribution < 1.29 is 35.5 Å². The largest absolute Gasteiger partial charge is 0.480 e. The van der Waals surface area contributed by atoms with Crippen molar-refractivity contribution in [1.82, 2.24) is 0 Å². The SMILES string of the molecule is CC(C(Oc1ccc(F)cc1)C(F)(F)F)C(F)(F)F. The molecule has 0 bridgehead atoms. The van der Waals surface area contributed by atoms with Gasteiger partial charge in [-0.25, -0.2) is 4.39 Å². The molecule has 1 rings (SSSR count). The lowest BCUT2D eigenvalue weighted by molar-refractivity contribution is -0.263. The van der Waals surface area contributed by atoms with Crippen LogP contribution in [0.1, 0.15) is 6.92 Å². The molecule has 0 aliphatic heterocycles. The summed E-state index contributed by atoms with van der Waals surface area (Å²) in [4.78, 5) is 0. The van der Waals surface area contributed by atoms with Gasteiger partial charge < -0.3 is 4.74 Å². The highest BCUT2D eigenvalue weighted by atomic mass is 19.4. The predicted octanol–water partition coefficient (Wildman–Crippen LogP) is 4.33. The standard InChI is InChI=1S/C11H9F7O/c1-6(10(13,14)15)9(11(16,17)18)19-8-4-2-7(12)3-5-8/h2-6,9H,1H3. The van der Waals surface area contributed by atoms with Crippen molar-refractivity contribution in [2.24, 2.45) is 5.92 Å². The minimum Gasteiger partial charge on any atom is -0.480 e. The molecule has 0 aliphatic carbocycles. The fraction of sp³-hybridized carbons (Fsp3) is 0.455. The first kappa shape index (κ1) is 15.6. The molecule has 0 aliphatic rings. The van der Waals surface area contributed by atoms with Crippen LogP contribution in [0.25, 0.3) is 0 Å². The molecule has 108 valence electrons. The summed E-state index contributed by atoms with van der Waals surface area (Å²) in [5.41, 5.74) is 0. The summed E-state index contributed by atoms with van der Waals surface area (Å²) in [6, 6.07) is 3.25. The second kappa shape index (κ2) is 5.26.